The van der Waals surface area contributed by atoms with E-state index in [1.807, 2.05) is 22.9 Å². The molecule has 5 rings (SSSR count). The Morgan fingerprint density at radius 2 is 1.85 bits per heavy atom. The molecule has 4 aromatic rings. The summed E-state index contributed by atoms with van der Waals surface area (Å²) in [5.74, 6) is 0.904. The van der Waals surface area contributed by atoms with Gasteiger partial charge in [0.15, 0.2) is 16.9 Å². The smallest absolute Gasteiger partial charge is 0.290 e. The lowest BCUT2D eigenvalue weighted by molar-refractivity contribution is 0.0723. The monoisotopic (exact) mass is 445 g/mol. The van der Waals surface area contributed by atoms with Crippen LogP contribution < -0.4 is 14.9 Å². The fourth-order valence-electron chi connectivity index (χ4n) is 4.41. The lowest BCUT2D eigenvalue weighted by Crippen LogP contribution is -2.31. The van der Waals surface area contributed by atoms with Gasteiger partial charge in [-0.25, -0.2) is 4.98 Å². The zero-order valence-corrected chi connectivity index (χ0v) is 18.4. The molecule has 0 fully saturated rings. The summed E-state index contributed by atoms with van der Waals surface area (Å²) < 4.78 is 18.8. The first-order valence-corrected chi connectivity index (χ1v) is 10.7. The van der Waals surface area contributed by atoms with Crippen molar-refractivity contribution in [2.75, 3.05) is 20.8 Å². The van der Waals surface area contributed by atoms with Gasteiger partial charge < -0.3 is 23.4 Å². The molecule has 0 saturated carbocycles. The van der Waals surface area contributed by atoms with Crippen molar-refractivity contribution in [3.05, 3.63) is 88.3 Å². The topological polar surface area (TPSA) is 86.8 Å². The van der Waals surface area contributed by atoms with Crippen LogP contribution in [0.25, 0.3) is 11.0 Å². The summed E-state index contributed by atoms with van der Waals surface area (Å²) in [5.41, 5.74) is 1.32. The Morgan fingerprint density at radius 3 is 2.61 bits per heavy atom. The molecule has 0 bridgehead atoms. The number of carbonyl (C=O) groups excluding carboxylic acids is 1. The standard InChI is InChI=1S/C25H23N3O5/c1-31-19-9-8-16(14-20(19)32-2)22-21-23(29)17-6-3-4-7-18(17)33-24(21)25(30)28(22)12-5-11-27-13-10-26-15-27/h3-4,6-10,13-15,22H,5,11-12H2,1-2H3. The van der Waals surface area contributed by atoms with Gasteiger partial charge in [-0.2, -0.15) is 0 Å². The number of carbonyl (C=O) groups is 1. The second kappa shape index (κ2) is 8.46. The number of aryl methyl sites for hydroxylation is 1. The fraction of sp³-hybridized carbons (Fsp3) is 0.240. The summed E-state index contributed by atoms with van der Waals surface area (Å²) in [6.45, 7) is 1.14. The van der Waals surface area contributed by atoms with Crippen LogP contribution in [-0.2, 0) is 6.54 Å². The van der Waals surface area contributed by atoms with Gasteiger partial charge in [0.1, 0.15) is 5.58 Å². The highest BCUT2D eigenvalue weighted by Gasteiger charge is 2.42. The molecule has 1 atom stereocenters. The minimum atomic E-state index is -0.587. The van der Waals surface area contributed by atoms with E-state index in [9.17, 15) is 9.59 Å². The average Bonchev–Trinajstić information content (AvgIpc) is 3.46. The van der Waals surface area contributed by atoms with Gasteiger partial charge in [-0.05, 0) is 36.2 Å². The van der Waals surface area contributed by atoms with E-state index in [2.05, 4.69) is 4.98 Å². The maximum Gasteiger partial charge on any atom is 0.290 e. The SMILES string of the molecule is COc1ccc(C2c3c(oc4ccccc4c3=O)C(=O)N2CCCn2ccnc2)cc1OC. The number of benzene rings is 2. The van der Waals surface area contributed by atoms with Gasteiger partial charge in [0.2, 0.25) is 5.76 Å². The van der Waals surface area contributed by atoms with Crippen molar-refractivity contribution >= 4 is 16.9 Å². The largest absolute Gasteiger partial charge is 0.493 e. The highest BCUT2D eigenvalue weighted by atomic mass is 16.5. The molecule has 3 heterocycles. The van der Waals surface area contributed by atoms with Crippen molar-refractivity contribution in [3.8, 4) is 11.5 Å². The van der Waals surface area contributed by atoms with Crippen LogP contribution in [0.15, 0.2) is 70.4 Å². The predicted molar refractivity (Wildman–Crippen MR) is 122 cm³/mol. The molecule has 0 aliphatic carbocycles. The molecule has 2 aromatic heterocycles. The van der Waals surface area contributed by atoms with E-state index >= 15 is 0 Å². The van der Waals surface area contributed by atoms with Gasteiger partial charge >= 0.3 is 0 Å². The van der Waals surface area contributed by atoms with Gasteiger partial charge in [0.25, 0.3) is 5.91 Å². The number of rotatable bonds is 7. The number of hydrogen-bond acceptors (Lipinski definition) is 6. The summed E-state index contributed by atoms with van der Waals surface area (Å²) in [5, 5.41) is 0.454. The van der Waals surface area contributed by atoms with Gasteiger partial charge in [0, 0.05) is 25.5 Å². The lowest BCUT2D eigenvalue weighted by atomic mass is 9.98. The summed E-state index contributed by atoms with van der Waals surface area (Å²) >= 11 is 0. The van der Waals surface area contributed by atoms with Crippen molar-refractivity contribution < 1.29 is 18.7 Å². The Balaban J connectivity index is 1.61. The van der Waals surface area contributed by atoms with E-state index in [-0.39, 0.29) is 17.1 Å². The zero-order valence-electron chi connectivity index (χ0n) is 18.4. The van der Waals surface area contributed by atoms with Crippen molar-refractivity contribution in [3.63, 3.8) is 0 Å². The molecule has 1 aliphatic rings. The molecule has 33 heavy (non-hydrogen) atoms. The molecule has 168 valence electrons. The predicted octanol–water partition coefficient (Wildman–Crippen LogP) is 3.64. The molecule has 0 saturated heterocycles. The minimum absolute atomic E-state index is 0.0983. The zero-order chi connectivity index (χ0) is 22.9. The number of hydrogen-bond donors (Lipinski definition) is 0. The third-order valence-electron chi connectivity index (χ3n) is 5.97. The van der Waals surface area contributed by atoms with Crippen LogP contribution in [0.2, 0.25) is 0 Å². The number of fused-ring (bicyclic) bond motifs is 2. The van der Waals surface area contributed by atoms with Gasteiger partial charge in [-0.1, -0.05) is 18.2 Å². The Labute approximate surface area is 190 Å². The number of aromatic nitrogens is 2. The lowest BCUT2D eigenvalue weighted by Gasteiger charge is -2.25. The second-order valence-corrected chi connectivity index (χ2v) is 7.84. The molecule has 1 unspecified atom stereocenters. The molecule has 2 aromatic carbocycles. The van der Waals surface area contributed by atoms with Gasteiger partial charge in [-0.15, -0.1) is 0 Å². The van der Waals surface area contributed by atoms with Gasteiger partial charge in [-0.3, -0.25) is 9.59 Å². The van der Waals surface area contributed by atoms with E-state index in [1.165, 1.54) is 0 Å². The van der Waals surface area contributed by atoms with Crippen molar-refractivity contribution in [2.24, 2.45) is 0 Å². The molecule has 1 aliphatic heterocycles. The molecular weight excluding hydrogens is 422 g/mol. The van der Waals surface area contributed by atoms with Crippen LogP contribution in [0.3, 0.4) is 0 Å². The normalized spacial score (nSPS) is 15.2. The van der Waals surface area contributed by atoms with Crippen LogP contribution >= 0.6 is 0 Å². The van der Waals surface area contributed by atoms with Crippen LogP contribution in [0.4, 0.5) is 0 Å². The van der Waals surface area contributed by atoms with E-state index < -0.39 is 6.04 Å². The summed E-state index contributed by atoms with van der Waals surface area (Å²) in [4.78, 5) is 32.8. The third kappa shape index (κ3) is 3.53. The number of ether oxygens (including phenoxy) is 2. The van der Waals surface area contributed by atoms with Crippen LogP contribution in [0, 0.1) is 0 Å². The van der Waals surface area contributed by atoms with Crippen LogP contribution in [-0.4, -0.2) is 41.1 Å². The molecule has 8 nitrogen and oxygen atoms in total. The maximum atomic E-state index is 13.5. The number of para-hydroxylation sites is 1. The van der Waals surface area contributed by atoms with E-state index in [0.29, 0.717) is 47.5 Å². The van der Waals surface area contributed by atoms with Crippen LogP contribution in [0.1, 0.15) is 34.1 Å². The quantitative estimate of drug-likeness (QED) is 0.432. The third-order valence-corrected chi connectivity index (χ3v) is 5.97. The number of methoxy groups -OCH3 is 2. The highest BCUT2D eigenvalue weighted by Crippen LogP contribution is 2.40. The summed E-state index contributed by atoms with van der Waals surface area (Å²) in [7, 11) is 3.12. The van der Waals surface area contributed by atoms with Crippen LogP contribution in [0.5, 0.6) is 11.5 Å². The summed E-state index contributed by atoms with van der Waals surface area (Å²) in [6, 6.07) is 11.9. The first-order valence-electron chi connectivity index (χ1n) is 10.7. The van der Waals surface area contributed by atoms with Crippen molar-refractivity contribution in [1.29, 1.82) is 0 Å². The summed E-state index contributed by atoms with van der Waals surface area (Å²) in [6.07, 6.45) is 6.03. The van der Waals surface area contributed by atoms with Crippen molar-refractivity contribution in [1.82, 2.24) is 14.5 Å². The molecular formula is C25H23N3O5. The minimum Gasteiger partial charge on any atom is -0.493 e. The first kappa shape index (κ1) is 20.8. The van der Waals surface area contributed by atoms with E-state index in [0.717, 1.165) is 5.56 Å². The Kier molecular flexibility index (Phi) is 5.34. The van der Waals surface area contributed by atoms with E-state index in [1.54, 1.807) is 62.0 Å². The van der Waals surface area contributed by atoms with E-state index in [4.69, 9.17) is 13.9 Å². The molecule has 1 amide bonds. The fourth-order valence-corrected chi connectivity index (χ4v) is 4.41. The number of nitrogens with zero attached hydrogens (tertiary/aromatic N) is 3. The molecule has 0 spiro atoms. The Bertz CT molecular complexity index is 1380. The number of imidazole rings is 1. The van der Waals surface area contributed by atoms with Gasteiger partial charge in [0.05, 0.1) is 37.5 Å². The second-order valence-electron chi connectivity index (χ2n) is 7.84. The first-order chi connectivity index (χ1) is 16.1. The molecule has 0 radical (unpaired) electrons. The molecule has 0 N–H and O–H groups in total. The maximum absolute atomic E-state index is 13.5. The molecule has 8 heteroatoms. The highest BCUT2D eigenvalue weighted by molar-refractivity contribution is 5.99. The number of amides is 1. The van der Waals surface area contributed by atoms with Crippen molar-refractivity contribution in [2.45, 2.75) is 19.0 Å². The Morgan fingerprint density at radius 1 is 1.03 bits per heavy atom. The average molecular weight is 445 g/mol. The Hall–Kier alpha value is -4.07.